The maximum Gasteiger partial charge on any atom is 0.235 e. The molecule has 4 aromatic heterocycles. The maximum atomic E-state index is 6.74. The van der Waals surface area contributed by atoms with Crippen LogP contribution < -0.4 is 0 Å². The Morgan fingerprint density at radius 3 is 1.89 bits per heavy atom. The molecule has 0 fully saturated rings. The summed E-state index contributed by atoms with van der Waals surface area (Å²) in [6.07, 6.45) is 0. The van der Waals surface area contributed by atoms with Gasteiger partial charge < -0.3 is 4.42 Å². The van der Waals surface area contributed by atoms with Gasteiger partial charge in [-0.25, -0.2) is 19.9 Å². The van der Waals surface area contributed by atoms with E-state index >= 15 is 0 Å². The van der Waals surface area contributed by atoms with E-state index in [-0.39, 0.29) is 0 Å². The van der Waals surface area contributed by atoms with Crippen molar-refractivity contribution in [2.24, 2.45) is 0 Å². The van der Waals surface area contributed by atoms with Crippen molar-refractivity contribution < 1.29 is 4.42 Å². The summed E-state index contributed by atoms with van der Waals surface area (Å²) in [5, 5.41) is 4.95. The van der Waals surface area contributed by atoms with Gasteiger partial charge in [-0.1, -0.05) is 97.1 Å². The molecule has 44 heavy (non-hydrogen) atoms. The molecule has 0 amide bonds. The van der Waals surface area contributed by atoms with E-state index in [0.717, 1.165) is 88.0 Å². The Hall–Kier alpha value is -6.14. The van der Waals surface area contributed by atoms with Crippen molar-refractivity contribution in [2.45, 2.75) is 0 Å². The van der Waals surface area contributed by atoms with Gasteiger partial charge in [0.15, 0.2) is 5.58 Å². The second kappa shape index (κ2) is 8.69. The normalized spacial score (nSPS) is 12.1. The van der Waals surface area contributed by atoms with Crippen LogP contribution in [-0.4, -0.2) is 24.5 Å². The predicted octanol–water partition coefficient (Wildman–Crippen LogP) is 9.39. The van der Waals surface area contributed by atoms with E-state index in [1.54, 1.807) is 0 Å². The van der Waals surface area contributed by atoms with Crippen molar-refractivity contribution in [3.05, 3.63) is 127 Å². The number of benzene rings is 6. The molecule has 0 saturated heterocycles. The zero-order valence-corrected chi connectivity index (χ0v) is 23.3. The fraction of sp³-hybridized carbons (Fsp3) is 0. The van der Waals surface area contributed by atoms with Crippen LogP contribution in [0.4, 0.5) is 0 Å². The standard InChI is InChI=1S/C38H21N5O/c1-2-12-22(13-3-1)33-23-14-4-7-17-26(23)41-38(42-33)43-29-20-10-5-15-24(29)31-34-35(40-28-19-9-8-18-27(28)39-34)32-25-16-6-11-21-30(25)44-37(32)36(31)43/h1-21H. The first-order chi connectivity index (χ1) is 21.8. The number of rotatable bonds is 2. The number of furan rings is 1. The molecule has 6 nitrogen and oxygen atoms in total. The van der Waals surface area contributed by atoms with E-state index in [0.29, 0.717) is 5.95 Å². The number of hydrogen-bond donors (Lipinski definition) is 0. The van der Waals surface area contributed by atoms with Gasteiger partial charge in [-0.05, 0) is 30.3 Å². The van der Waals surface area contributed by atoms with E-state index in [9.17, 15) is 0 Å². The molecule has 10 aromatic rings. The summed E-state index contributed by atoms with van der Waals surface area (Å²) >= 11 is 0. The molecule has 204 valence electrons. The van der Waals surface area contributed by atoms with Crippen LogP contribution in [0.25, 0.3) is 93.9 Å². The summed E-state index contributed by atoms with van der Waals surface area (Å²) in [5.41, 5.74) is 9.52. The zero-order valence-electron chi connectivity index (χ0n) is 23.3. The summed E-state index contributed by atoms with van der Waals surface area (Å²) in [5.74, 6) is 0.573. The maximum absolute atomic E-state index is 6.74. The molecule has 0 bridgehead atoms. The number of nitrogens with zero attached hydrogens (tertiary/aromatic N) is 5. The molecule has 6 heteroatoms. The Morgan fingerprint density at radius 1 is 0.477 bits per heavy atom. The first-order valence-electron chi connectivity index (χ1n) is 14.6. The molecular formula is C38H21N5O. The van der Waals surface area contributed by atoms with Gasteiger partial charge in [-0.3, -0.25) is 4.57 Å². The van der Waals surface area contributed by atoms with Crippen molar-refractivity contribution in [1.29, 1.82) is 0 Å². The van der Waals surface area contributed by atoms with E-state index in [4.69, 9.17) is 24.4 Å². The number of fused-ring (bicyclic) bond motifs is 12. The highest BCUT2D eigenvalue weighted by Gasteiger charge is 2.26. The first kappa shape index (κ1) is 23.4. The van der Waals surface area contributed by atoms with Crippen molar-refractivity contribution in [2.75, 3.05) is 0 Å². The van der Waals surface area contributed by atoms with Crippen LogP contribution in [0.15, 0.2) is 132 Å². The monoisotopic (exact) mass is 563 g/mol. The van der Waals surface area contributed by atoms with Gasteiger partial charge in [-0.2, -0.15) is 0 Å². The van der Waals surface area contributed by atoms with Crippen LogP contribution >= 0.6 is 0 Å². The summed E-state index contributed by atoms with van der Waals surface area (Å²) in [6.45, 7) is 0. The molecule has 0 atom stereocenters. The summed E-state index contributed by atoms with van der Waals surface area (Å²) < 4.78 is 8.88. The van der Waals surface area contributed by atoms with Gasteiger partial charge >= 0.3 is 0 Å². The lowest BCUT2D eigenvalue weighted by Gasteiger charge is -2.12. The molecular weight excluding hydrogens is 542 g/mol. The van der Waals surface area contributed by atoms with Crippen LogP contribution in [-0.2, 0) is 0 Å². The minimum absolute atomic E-state index is 0.573. The molecule has 0 spiro atoms. The van der Waals surface area contributed by atoms with Crippen molar-refractivity contribution in [3.8, 4) is 17.2 Å². The largest absolute Gasteiger partial charge is 0.454 e. The molecule has 6 aromatic carbocycles. The second-order valence-corrected chi connectivity index (χ2v) is 11.0. The molecule has 0 aliphatic rings. The van der Waals surface area contributed by atoms with Crippen molar-refractivity contribution >= 4 is 76.7 Å². The average molecular weight is 564 g/mol. The first-order valence-corrected chi connectivity index (χ1v) is 14.6. The van der Waals surface area contributed by atoms with E-state index in [2.05, 4.69) is 53.1 Å². The highest BCUT2D eigenvalue weighted by molar-refractivity contribution is 6.33. The number of para-hydroxylation sites is 5. The molecule has 4 heterocycles. The van der Waals surface area contributed by atoms with Gasteiger partial charge in [0.1, 0.15) is 22.1 Å². The minimum Gasteiger partial charge on any atom is -0.454 e. The zero-order chi connectivity index (χ0) is 28.8. The smallest absolute Gasteiger partial charge is 0.235 e. The third-order valence-electron chi connectivity index (χ3n) is 8.57. The lowest BCUT2D eigenvalue weighted by Crippen LogP contribution is -2.03. The minimum atomic E-state index is 0.573. The molecule has 0 saturated carbocycles. The lowest BCUT2D eigenvalue weighted by molar-refractivity contribution is 0.671. The van der Waals surface area contributed by atoms with Gasteiger partial charge in [-0.15, -0.1) is 0 Å². The lowest BCUT2D eigenvalue weighted by atomic mass is 10.0. The summed E-state index contributed by atoms with van der Waals surface area (Å²) in [4.78, 5) is 20.9. The molecule has 0 unspecified atom stereocenters. The van der Waals surface area contributed by atoms with Crippen LogP contribution in [0.1, 0.15) is 0 Å². The van der Waals surface area contributed by atoms with Gasteiger partial charge in [0.2, 0.25) is 5.95 Å². The Labute approximate surface area is 249 Å². The molecule has 10 rings (SSSR count). The van der Waals surface area contributed by atoms with E-state index in [1.807, 2.05) is 78.9 Å². The molecule has 0 aliphatic heterocycles. The number of hydrogen-bond acceptors (Lipinski definition) is 5. The highest BCUT2D eigenvalue weighted by atomic mass is 16.3. The van der Waals surface area contributed by atoms with Crippen LogP contribution in [0.2, 0.25) is 0 Å². The molecule has 0 aliphatic carbocycles. The summed E-state index contributed by atoms with van der Waals surface area (Å²) in [6, 6.07) is 43.0. The third kappa shape index (κ3) is 3.14. The Morgan fingerprint density at radius 2 is 1.09 bits per heavy atom. The van der Waals surface area contributed by atoms with Crippen LogP contribution in [0.3, 0.4) is 0 Å². The fourth-order valence-corrected chi connectivity index (χ4v) is 6.68. The average Bonchev–Trinajstić information content (AvgIpc) is 3.64. The van der Waals surface area contributed by atoms with Crippen LogP contribution in [0, 0.1) is 0 Å². The van der Waals surface area contributed by atoms with Crippen LogP contribution in [0.5, 0.6) is 0 Å². The molecule has 0 N–H and O–H groups in total. The summed E-state index contributed by atoms with van der Waals surface area (Å²) in [7, 11) is 0. The van der Waals surface area contributed by atoms with Crippen molar-refractivity contribution in [1.82, 2.24) is 24.5 Å². The van der Waals surface area contributed by atoms with E-state index in [1.165, 1.54) is 0 Å². The highest BCUT2D eigenvalue weighted by Crippen LogP contribution is 2.45. The quantitative estimate of drug-likeness (QED) is 0.196. The Balaban J connectivity index is 1.47. The van der Waals surface area contributed by atoms with Gasteiger partial charge in [0.25, 0.3) is 0 Å². The van der Waals surface area contributed by atoms with Crippen molar-refractivity contribution in [3.63, 3.8) is 0 Å². The van der Waals surface area contributed by atoms with Gasteiger partial charge in [0.05, 0.1) is 33.1 Å². The van der Waals surface area contributed by atoms with E-state index < -0.39 is 0 Å². The third-order valence-corrected chi connectivity index (χ3v) is 8.57. The van der Waals surface area contributed by atoms with Gasteiger partial charge in [0, 0.05) is 27.1 Å². The number of aromatic nitrogens is 5. The fourth-order valence-electron chi connectivity index (χ4n) is 6.68. The topological polar surface area (TPSA) is 69.6 Å². The Kier molecular flexibility index (Phi) is 4.63. The predicted molar refractivity (Wildman–Crippen MR) is 177 cm³/mol. The Bertz CT molecular complexity index is 2780. The second-order valence-electron chi connectivity index (χ2n) is 11.0. The SMILES string of the molecule is c1ccc(-c2nc(-n3c4ccccc4c4c5nc6ccccc6nc5c5c6ccccc6oc5c43)nc3ccccc23)cc1. The molecule has 0 radical (unpaired) electrons.